The molecule has 1 aromatic carbocycles. The molecule has 0 bridgehead atoms. The van der Waals surface area contributed by atoms with E-state index in [1.54, 1.807) is 0 Å². The molecule has 1 saturated heterocycles. The van der Waals surface area contributed by atoms with Crippen LogP contribution in [0.5, 0.6) is 0 Å². The third kappa shape index (κ3) is 4.67. The van der Waals surface area contributed by atoms with Crippen molar-refractivity contribution >= 4 is 23.4 Å². The van der Waals surface area contributed by atoms with Crippen molar-refractivity contribution in [3.05, 3.63) is 30.3 Å². The van der Waals surface area contributed by atoms with Crippen molar-refractivity contribution in [1.82, 2.24) is 10.2 Å². The van der Waals surface area contributed by atoms with Crippen molar-refractivity contribution < 1.29 is 14.4 Å². The lowest BCUT2D eigenvalue weighted by molar-refractivity contribution is -0.140. The van der Waals surface area contributed by atoms with Crippen LogP contribution in [-0.2, 0) is 14.4 Å². The second-order valence-corrected chi connectivity index (χ2v) is 7.54. The second-order valence-electron chi connectivity index (χ2n) is 7.54. The number of imide groups is 1. The molecule has 0 radical (unpaired) electrons. The Hall–Kier alpha value is -2.37. The third-order valence-corrected chi connectivity index (χ3v) is 5.68. The SMILES string of the molecule is CN(CCCNC(=O)CCN1C(=O)[C@H]2CCCC[C@H]2C1=O)c1ccccc1. The van der Waals surface area contributed by atoms with Gasteiger partial charge in [-0.05, 0) is 31.4 Å². The number of likely N-dealkylation sites (tertiary alicyclic amines) is 1. The summed E-state index contributed by atoms with van der Waals surface area (Å²) in [5.74, 6) is -0.512. The van der Waals surface area contributed by atoms with Crippen LogP contribution < -0.4 is 10.2 Å². The average molecular weight is 371 g/mol. The van der Waals surface area contributed by atoms with E-state index in [0.29, 0.717) is 6.54 Å². The van der Waals surface area contributed by atoms with Gasteiger partial charge < -0.3 is 10.2 Å². The van der Waals surface area contributed by atoms with E-state index in [-0.39, 0.29) is 42.5 Å². The van der Waals surface area contributed by atoms with E-state index in [1.165, 1.54) is 4.90 Å². The topological polar surface area (TPSA) is 69.7 Å². The van der Waals surface area contributed by atoms with Crippen LogP contribution in [0.15, 0.2) is 30.3 Å². The summed E-state index contributed by atoms with van der Waals surface area (Å²) in [6.07, 6.45) is 4.69. The van der Waals surface area contributed by atoms with Gasteiger partial charge in [0.05, 0.1) is 11.8 Å². The molecule has 6 heteroatoms. The highest BCUT2D eigenvalue weighted by Gasteiger charge is 2.47. The van der Waals surface area contributed by atoms with Gasteiger partial charge in [-0.15, -0.1) is 0 Å². The van der Waals surface area contributed by atoms with Gasteiger partial charge in [0.1, 0.15) is 0 Å². The van der Waals surface area contributed by atoms with Gasteiger partial charge in [0.15, 0.2) is 0 Å². The van der Waals surface area contributed by atoms with Crippen LogP contribution >= 0.6 is 0 Å². The molecule has 27 heavy (non-hydrogen) atoms. The zero-order valence-corrected chi connectivity index (χ0v) is 16.0. The van der Waals surface area contributed by atoms with Crippen molar-refractivity contribution in [3.63, 3.8) is 0 Å². The molecule has 1 aliphatic carbocycles. The molecule has 3 amide bonds. The summed E-state index contributed by atoms with van der Waals surface area (Å²) < 4.78 is 0. The lowest BCUT2D eigenvalue weighted by Gasteiger charge is -2.19. The van der Waals surface area contributed by atoms with Crippen molar-refractivity contribution in [2.75, 3.05) is 31.6 Å². The van der Waals surface area contributed by atoms with Crippen LogP contribution in [0.4, 0.5) is 5.69 Å². The van der Waals surface area contributed by atoms with Crippen molar-refractivity contribution in [1.29, 1.82) is 0 Å². The summed E-state index contributed by atoms with van der Waals surface area (Å²) in [6.45, 7) is 1.64. The smallest absolute Gasteiger partial charge is 0.233 e. The molecule has 0 spiro atoms. The van der Waals surface area contributed by atoms with E-state index in [2.05, 4.69) is 22.3 Å². The van der Waals surface area contributed by atoms with E-state index in [9.17, 15) is 14.4 Å². The summed E-state index contributed by atoms with van der Waals surface area (Å²) in [6, 6.07) is 10.1. The molecule has 3 rings (SSSR count). The minimum Gasteiger partial charge on any atom is -0.375 e. The van der Waals surface area contributed by atoms with Gasteiger partial charge >= 0.3 is 0 Å². The van der Waals surface area contributed by atoms with Crippen LogP contribution in [0, 0.1) is 11.8 Å². The monoisotopic (exact) mass is 371 g/mol. The molecule has 1 heterocycles. The molecule has 2 fully saturated rings. The van der Waals surface area contributed by atoms with E-state index in [0.717, 1.165) is 44.3 Å². The normalized spacial score (nSPS) is 21.9. The number of hydrogen-bond donors (Lipinski definition) is 1. The second kappa shape index (κ2) is 9.02. The van der Waals surface area contributed by atoms with Gasteiger partial charge in [0.2, 0.25) is 17.7 Å². The minimum absolute atomic E-state index is 0.0676. The summed E-state index contributed by atoms with van der Waals surface area (Å²) in [4.78, 5) is 40.3. The maximum atomic E-state index is 12.4. The molecule has 2 atom stereocenters. The summed E-state index contributed by atoms with van der Waals surface area (Å²) >= 11 is 0. The Balaban J connectivity index is 1.35. The highest BCUT2D eigenvalue weighted by molar-refractivity contribution is 6.05. The highest BCUT2D eigenvalue weighted by atomic mass is 16.2. The van der Waals surface area contributed by atoms with Gasteiger partial charge in [0, 0.05) is 38.8 Å². The number of carbonyl (C=O) groups is 3. The molecule has 1 aliphatic heterocycles. The molecule has 0 unspecified atom stereocenters. The maximum absolute atomic E-state index is 12.4. The van der Waals surface area contributed by atoms with Crippen LogP contribution in [0.25, 0.3) is 0 Å². The number of hydrogen-bond acceptors (Lipinski definition) is 4. The fourth-order valence-corrected chi connectivity index (χ4v) is 4.11. The molecular formula is C21H29N3O3. The zero-order valence-electron chi connectivity index (χ0n) is 16.0. The van der Waals surface area contributed by atoms with Crippen molar-refractivity contribution in [2.45, 2.75) is 38.5 Å². The van der Waals surface area contributed by atoms with Gasteiger partial charge in [-0.25, -0.2) is 0 Å². The number of nitrogens with zero attached hydrogens (tertiary/aromatic N) is 2. The van der Waals surface area contributed by atoms with Crippen LogP contribution in [0.1, 0.15) is 38.5 Å². The standard InChI is InChI=1S/C21H29N3O3/c1-23(16-8-3-2-4-9-16)14-7-13-22-19(25)12-15-24-20(26)17-10-5-6-11-18(17)21(24)27/h2-4,8-9,17-18H,5-7,10-15H2,1H3,(H,22,25)/t17-,18+. The Morgan fingerprint density at radius 3 is 2.37 bits per heavy atom. The lowest BCUT2D eigenvalue weighted by atomic mass is 9.81. The lowest BCUT2D eigenvalue weighted by Crippen LogP contribution is -2.36. The molecule has 146 valence electrons. The van der Waals surface area contributed by atoms with E-state index in [4.69, 9.17) is 0 Å². The van der Waals surface area contributed by atoms with E-state index >= 15 is 0 Å². The number of nitrogens with one attached hydrogen (secondary N) is 1. The first-order valence-corrected chi connectivity index (χ1v) is 9.96. The predicted molar refractivity (Wildman–Crippen MR) is 104 cm³/mol. The maximum Gasteiger partial charge on any atom is 0.233 e. The quantitative estimate of drug-likeness (QED) is 0.562. The van der Waals surface area contributed by atoms with Gasteiger partial charge in [-0.2, -0.15) is 0 Å². The molecule has 0 aromatic heterocycles. The fraction of sp³-hybridized carbons (Fsp3) is 0.571. The van der Waals surface area contributed by atoms with Crippen molar-refractivity contribution in [2.24, 2.45) is 11.8 Å². The number of amides is 3. The molecule has 6 nitrogen and oxygen atoms in total. The van der Waals surface area contributed by atoms with E-state index in [1.807, 2.05) is 25.2 Å². The minimum atomic E-state index is -0.136. The number of anilines is 1. The molecular weight excluding hydrogens is 342 g/mol. The Kier molecular flexibility index (Phi) is 6.48. The highest BCUT2D eigenvalue weighted by Crippen LogP contribution is 2.37. The Labute approximate surface area is 160 Å². The fourth-order valence-electron chi connectivity index (χ4n) is 4.11. The Morgan fingerprint density at radius 2 is 1.74 bits per heavy atom. The average Bonchev–Trinajstić information content (AvgIpc) is 2.94. The van der Waals surface area contributed by atoms with Crippen LogP contribution in [-0.4, -0.2) is 49.3 Å². The summed E-state index contributed by atoms with van der Waals surface area (Å²) in [7, 11) is 2.03. The van der Waals surface area contributed by atoms with Crippen molar-refractivity contribution in [3.8, 4) is 0 Å². The Bertz CT molecular complexity index is 653. The number of carbonyl (C=O) groups excluding carboxylic acids is 3. The molecule has 1 aromatic rings. The number of benzene rings is 1. The first-order chi connectivity index (χ1) is 13.1. The summed E-state index contributed by atoms with van der Waals surface area (Å²) in [5, 5.41) is 2.89. The first kappa shape index (κ1) is 19.4. The molecule has 1 N–H and O–H groups in total. The van der Waals surface area contributed by atoms with Crippen LogP contribution in [0.2, 0.25) is 0 Å². The number of para-hydroxylation sites is 1. The van der Waals surface area contributed by atoms with Gasteiger partial charge in [-0.3, -0.25) is 19.3 Å². The predicted octanol–water partition coefficient (Wildman–Crippen LogP) is 2.19. The van der Waals surface area contributed by atoms with E-state index < -0.39 is 0 Å². The first-order valence-electron chi connectivity index (χ1n) is 9.96. The molecule has 1 saturated carbocycles. The van der Waals surface area contributed by atoms with Gasteiger partial charge in [-0.1, -0.05) is 31.0 Å². The largest absolute Gasteiger partial charge is 0.375 e. The zero-order chi connectivity index (χ0) is 19.2. The van der Waals surface area contributed by atoms with Gasteiger partial charge in [0.25, 0.3) is 0 Å². The Morgan fingerprint density at radius 1 is 1.11 bits per heavy atom. The summed E-state index contributed by atoms with van der Waals surface area (Å²) in [5.41, 5.74) is 1.15. The van der Waals surface area contributed by atoms with Crippen LogP contribution in [0.3, 0.4) is 0 Å². The number of fused-ring (bicyclic) bond motifs is 1. The number of rotatable bonds is 8. The third-order valence-electron chi connectivity index (χ3n) is 5.68. The molecule has 2 aliphatic rings.